The summed E-state index contributed by atoms with van der Waals surface area (Å²) in [5.74, 6) is 0.319. The van der Waals surface area contributed by atoms with Gasteiger partial charge < -0.3 is 20.1 Å². The zero-order chi connectivity index (χ0) is 20.6. The lowest BCUT2D eigenvalue weighted by molar-refractivity contribution is 0.0347. The number of fused-ring (bicyclic) bond motifs is 1. The first-order valence-electron chi connectivity index (χ1n) is 10.2. The van der Waals surface area contributed by atoms with Gasteiger partial charge >= 0.3 is 0 Å². The third-order valence-electron chi connectivity index (χ3n) is 5.06. The Bertz CT molecular complexity index is 717. The first kappa shape index (κ1) is 24.5. The highest BCUT2D eigenvalue weighted by atomic mass is 127. The molecule has 0 bridgehead atoms. The molecule has 0 aromatic heterocycles. The van der Waals surface area contributed by atoms with Crippen molar-refractivity contribution in [3.05, 3.63) is 35.4 Å². The fourth-order valence-electron chi connectivity index (χ4n) is 3.44. The Balaban J connectivity index is 0.00000320. The lowest BCUT2D eigenvalue weighted by atomic mass is 10.1. The van der Waals surface area contributed by atoms with E-state index in [0.29, 0.717) is 43.4 Å². The standard InChI is InChI=1S/C21H30N4O4.HI/c1-15(13-29-16-9-12-28-14-16)24-21(22-2)23-10-5-6-11-25-19(26)17-7-3-4-8-18(17)20(25)27;/h3-4,7-8,15-16H,5-6,9-14H2,1-2H3,(H2,22,23,24);1H. The second-order valence-electron chi connectivity index (χ2n) is 7.38. The predicted octanol–water partition coefficient (Wildman–Crippen LogP) is 2.04. The molecule has 2 atom stereocenters. The number of carbonyl (C=O) groups excluding carboxylic acids is 2. The van der Waals surface area contributed by atoms with Crippen LogP contribution < -0.4 is 10.6 Å². The van der Waals surface area contributed by atoms with Gasteiger partial charge in [0.2, 0.25) is 0 Å². The predicted molar refractivity (Wildman–Crippen MR) is 126 cm³/mol. The monoisotopic (exact) mass is 530 g/mol. The normalized spacial score (nSPS) is 19.5. The van der Waals surface area contributed by atoms with Crippen LogP contribution in [0.5, 0.6) is 0 Å². The molecule has 1 aromatic rings. The summed E-state index contributed by atoms with van der Waals surface area (Å²) in [6, 6.07) is 7.10. The van der Waals surface area contributed by atoms with Gasteiger partial charge in [0, 0.05) is 32.8 Å². The minimum absolute atomic E-state index is 0. The first-order valence-corrected chi connectivity index (χ1v) is 10.2. The zero-order valence-electron chi connectivity index (χ0n) is 17.6. The molecule has 2 aliphatic rings. The zero-order valence-corrected chi connectivity index (χ0v) is 19.9. The summed E-state index contributed by atoms with van der Waals surface area (Å²) < 4.78 is 11.1. The molecule has 2 heterocycles. The Morgan fingerprint density at radius 2 is 1.97 bits per heavy atom. The number of ether oxygens (including phenoxy) is 2. The molecule has 8 nitrogen and oxygen atoms in total. The Labute approximate surface area is 194 Å². The van der Waals surface area contributed by atoms with Gasteiger partial charge in [-0.25, -0.2) is 0 Å². The van der Waals surface area contributed by atoms with Gasteiger partial charge in [0.1, 0.15) is 0 Å². The van der Waals surface area contributed by atoms with Crippen LogP contribution in [0.1, 0.15) is 46.9 Å². The molecule has 30 heavy (non-hydrogen) atoms. The third kappa shape index (κ3) is 6.39. The van der Waals surface area contributed by atoms with Crippen molar-refractivity contribution < 1.29 is 19.1 Å². The van der Waals surface area contributed by atoms with Crippen molar-refractivity contribution >= 4 is 41.8 Å². The summed E-state index contributed by atoms with van der Waals surface area (Å²) in [7, 11) is 1.73. The number of hydrogen-bond acceptors (Lipinski definition) is 5. The average Bonchev–Trinajstić information content (AvgIpc) is 3.34. The van der Waals surface area contributed by atoms with Crippen molar-refractivity contribution in [1.82, 2.24) is 15.5 Å². The second kappa shape index (κ2) is 12.2. The number of halogens is 1. The first-order chi connectivity index (χ1) is 14.1. The quantitative estimate of drug-likeness (QED) is 0.167. The van der Waals surface area contributed by atoms with E-state index in [-0.39, 0.29) is 47.9 Å². The second-order valence-corrected chi connectivity index (χ2v) is 7.38. The van der Waals surface area contributed by atoms with Crippen LogP contribution in [-0.4, -0.2) is 74.8 Å². The number of hydrogen-bond donors (Lipinski definition) is 2. The number of amides is 2. The van der Waals surface area contributed by atoms with E-state index in [2.05, 4.69) is 15.6 Å². The smallest absolute Gasteiger partial charge is 0.261 e. The summed E-state index contributed by atoms with van der Waals surface area (Å²) in [5.41, 5.74) is 1.00. The summed E-state index contributed by atoms with van der Waals surface area (Å²) in [4.78, 5) is 30.3. The van der Waals surface area contributed by atoms with Crippen LogP contribution in [0.15, 0.2) is 29.3 Å². The van der Waals surface area contributed by atoms with Crippen molar-refractivity contribution in [1.29, 1.82) is 0 Å². The van der Waals surface area contributed by atoms with Crippen molar-refractivity contribution in [3.63, 3.8) is 0 Å². The van der Waals surface area contributed by atoms with Crippen molar-refractivity contribution in [2.75, 3.05) is 40.0 Å². The molecule has 2 aliphatic heterocycles. The number of aliphatic imine (C=N–C) groups is 1. The van der Waals surface area contributed by atoms with E-state index < -0.39 is 0 Å². The number of guanidine groups is 1. The highest BCUT2D eigenvalue weighted by Crippen LogP contribution is 2.22. The minimum atomic E-state index is -0.197. The van der Waals surface area contributed by atoms with Crippen molar-refractivity contribution in [2.24, 2.45) is 4.99 Å². The van der Waals surface area contributed by atoms with E-state index in [0.717, 1.165) is 25.9 Å². The van der Waals surface area contributed by atoms with Gasteiger partial charge in [0.05, 0.1) is 30.4 Å². The fourth-order valence-corrected chi connectivity index (χ4v) is 3.44. The Hall–Kier alpha value is -1.72. The largest absolute Gasteiger partial charge is 0.379 e. The molecule has 2 amide bonds. The lowest BCUT2D eigenvalue weighted by Gasteiger charge is -2.20. The number of unbranched alkanes of at least 4 members (excludes halogenated alkanes) is 1. The highest BCUT2D eigenvalue weighted by Gasteiger charge is 2.34. The van der Waals surface area contributed by atoms with Crippen LogP contribution in [0.3, 0.4) is 0 Å². The van der Waals surface area contributed by atoms with Gasteiger partial charge in [-0.2, -0.15) is 0 Å². The van der Waals surface area contributed by atoms with Gasteiger partial charge in [0.25, 0.3) is 11.8 Å². The molecule has 0 spiro atoms. The van der Waals surface area contributed by atoms with Gasteiger partial charge in [0.15, 0.2) is 5.96 Å². The third-order valence-corrected chi connectivity index (χ3v) is 5.06. The SMILES string of the molecule is CN=C(NCCCCN1C(=O)c2ccccc2C1=O)NC(C)COC1CCOC1.I. The maximum atomic E-state index is 12.3. The fraction of sp³-hybridized carbons (Fsp3) is 0.571. The number of benzene rings is 1. The molecule has 1 fully saturated rings. The average molecular weight is 530 g/mol. The van der Waals surface area contributed by atoms with Crippen LogP contribution in [0, 0.1) is 0 Å². The molecular formula is C21H31IN4O4. The van der Waals surface area contributed by atoms with Crippen molar-refractivity contribution in [3.8, 4) is 0 Å². The van der Waals surface area contributed by atoms with Gasteiger partial charge in [-0.15, -0.1) is 24.0 Å². The van der Waals surface area contributed by atoms with E-state index >= 15 is 0 Å². The molecule has 2 N–H and O–H groups in total. The maximum Gasteiger partial charge on any atom is 0.261 e. The van der Waals surface area contributed by atoms with Gasteiger partial charge in [-0.3, -0.25) is 19.5 Å². The summed E-state index contributed by atoms with van der Waals surface area (Å²) >= 11 is 0. The minimum Gasteiger partial charge on any atom is -0.379 e. The molecule has 0 radical (unpaired) electrons. The van der Waals surface area contributed by atoms with E-state index in [1.807, 2.05) is 6.92 Å². The molecule has 0 aliphatic carbocycles. The van der Waals surface area contributed by atoms with Crippen molar-refractivity contribution in [2.45, 2.75) is 38.3 Å². The van der Waals surface area contributed by atoms with E-state index in [1.165, 1.54) is 4.90 Å². The summed E-state index contributed by atoms with van der Waals surface area (Å²) in [6.45, 7) is 5.21. The van der Waals surface area contributed by atoms with Crippen LogP contribution >= 0.6 is 24.0 Å². The van der Waals surface area contributed by atoms with Crippen LogP contribution in [-0.2, 0) is 9.47 Å². The maximum absolute atomic E-state index is 12.3. The Morgan fingerprint density at radius 1 is 1.27 bits per heavy atom. The number of imide groups is 1. The molecule has 0 saturated carbocycles. The van der Waals surface area contributed by atoms with Gasteiger partial charge in [-0.1, -0.05) is 12.1 Å². The van der Waals surface area contributed by atoms with Gasteiger partial charge in [-0.05, 0) is 38.3 Å². The van der Waals surface area contributed by atoms with E-state index in [9.17, 15) is 9.59 Å². The molecular weight excluding hydrogens is 499 g/mol. The van der Waals surface area contributed by atoms with Crippen LogP contribution in [0.2, 0.25) is 0 Å². The molecule has 166 valence electrons. The Kier molecular flexibility index (Phi) is 9.99. The van der Waals surface area contributed by atoms with Crippen LogP contribution in [0.25, 0.3) is 0 Å². The number of rotatable bonds is 9. The van der Waals surface area contributed by atoms with E-state index in [1.54, 1.807) is 31.3 Å². The molecule has 3 rings (SSSR count). The van der Waals surface area contributed by atoms with Crippen LogP contribution in [0.4, 0.5) is 0 Å². The molecule has 9 heteroatoms. The number of nitrogens with one attached hydrogen (secondary N) is 2. The molecule has 2 unspecified atom stereocenters. The highest BCUT2D eigenvalue weighted by molar-refractivity contribution is 14.0. The number of nitrogens with zero attached hydrogens (tertiary/aromatic N) is 2. The lowest BCUT2D eigenvalue weighted by Crippen LogP contribution is -2.44. The summed E-state index contributed by atoms with van der Waals surface area (Å²) in [5, 5.41) is 6.57. The van der Waals surface area contributed by atoms with E-state index in [4.69, 9.17) is 9.47 Å². The number of carbonyl (C=O) groups is 2. The summed E-state index contributed by atoms with van der Waals surface area (Å²) in [6.07, 6.45) is 2.69. The topological polar surface area (TPSA) is 92.3 Å². The Morgan fingerprint density at radius 3 is 2.57 bits per heavy atom. The molecule has 1 saturated heterocycles. The molecule has 1 aromatic carbocycles.